The van der Waals surface area contributed by atoms with E-state index in [2.05, 4.69) is 14.9 Å². The number of aliphatic hydroxyl groups excluding tert-OH is 1. The van der Waals surface area contributed by atoms with Gasteiger partial charge >= 0.3 is 0 Å². The van der Waals surface area contributed by atoms with Crippen LogP contribution in [0.15, 0.2) is 18.2 Å². The van der Waals surface area contributed by atoms with Crippen molar-refractivity contribution >= 4 is 34.8 Å². The Balaban J connectivity index is 2.01. The third-order valence-electron chi connectivity index (χ3n) is 4.54. The Hall–Kier alpha value is -1.60. The maximum Gasteiger partial charge on any atom is 0.155 e. The molecule has 134 valence electrons. The summed E-state index contributed by atoms with van der Waals surface area (Å²) in [4.78, 5) is 11.1. The molecular formula is C17H21Cl2N5O. The van der Waals surface area contributed by atoms with Gasteiger partial charge in [-0.05, 0) is 25.8 Å². The van der Waals surface area contributed by atoms with Gasteiger partial charge in [-0.2, -0.15) is 0 Å². The van der Waals surface area contributed by atoms with Crippen molar-refractivity contribution in [2.75, 3.05) is 23.7 Å². The predicted octanol–water partition coefficient (Wildman–Crippen LogP) is 2.84. The third-order valence-corrected chi connectivity index (χ3v) is 5.35. The quantitative estimate of drug-likeness (QED) is 0.755. The first-order valence-corrected chi connectivity index (χ1v) is 8.83. The van der Waals surface area contributed by atoms with E-state index in [0.717, 1.165) is 25.9 Å². The summed E-state index contributed by atoms with van der Waals surface area (Å²) in [6, 6.07) is 5.23. The maximum absolute atomic E-state index is 9.78. The molecule has 1 aliphatic rings. The number of nitrogens with zero attached hydrogens (tertiary/aromatic N) is 3. The Morgan fingerprint density at radius 3 is 2.56 bits per heavy atom. The van der Waals surface area contributed by atoms with Crippen LogP contribution in [0.5, 0.6) is 0 Å². The van der Waals surface area contributed by atoms with Gasteiger partial charge in [0.2, 0.25) is 0 Å². The standard InChI is InChI=1S/C17H21Cl2N5O/c1-17(21)5-7-24(8-6-17)16-12(9-25)22-14(15(20)23-16)10-3-2-4-11(18)13(10)19/h2-4,25H,5-9,21H2,1H3,(H2,20,23). The Kier molecular flexibility index (Phi) is 5.06. The summed E-state index contributed by atoms with van der Waals surface area (Å²) in [7, 11) is 0. The van der Waals surface area contributed by atoms with E-state index in [0.29, 0.717) is 32.8 Å². The molecule has 1 aliphatic heterocycles. The van der Waals surface area contributed by atoms with E-state index in [1.807, 2.05) is 6.92 Å². The predicted molar refractivity (Wildman–Crippen MR) is 102 cm³/mol. The highest BCUT2D eigenvalue weighted by Crippen LogP contribution is 2.36. The molecule has 5 N–H and O–H groups in total. The number of hydrogen-bond acceptors (Lipinski definition) is 6. The van der Waals surface area contributed by atoms with Crippen LogP contribution in [-0.2, 0) is 6.61 Å². The zero-order valence-corrected chi connectivity index (χ0v) is 15.5. The number of halogens is 2. The van der Waals surface area contributed by atoms with Crippen LogP contribution in [0.25, 0.3) is 11.3 Å². The molecule has 2 aromatic rings. The highest BCUT2D eigenvalue weighted by Gasteiger charge is 2.28. The number of aromatic nitrogens is 2. The minimum Gasteiger partial charge on any atom is -0.390 e. The van der Waals surface area contributed by atoms with Crippen molar-refractivity contribution in [3.8, 4) is 11.3 Å². The Morgan fingerprint density at radius 2 is 1.92 bits per heavy atom. The lowest BCUT2D eigenvalue weighted by Gasteiger charge is -2.37. The van der Waals surface area contributed by atoms with E-state index in [1.165, 1.54) is 0 Å². The van der Waals surface area contributed by atoms with E-state index in [9.17, 15) is 5.11 Å². The first kappa shape index (κ1) is 18.2. The minimum absolute atomic E-state index is 0.177. The second kappa shape index (κ2) is 6.96. The topological polar surface area (TPSA) is 101 Å². The number of anilines is 2. The molecule has 8 heteroatoms. The molecule has 0 amide bonds. The van der Waals surface area contributed by atoms with Gasteiger partial charge in [0.25, 0.3) is 0 Å². The first-order valence-electron chi connectivity index (χ1n) is 8.08. The lowest BCUT2D eigenvalue weighted by Crippen LogP contribution is -2.48. The highest BCUT2D eigenvalue weighted by atomic mass is 35.5. The van der Waals surface area contributed by atoms with E-state index < -0.39 is 0 Å². The Morgan fingerprint density at radius 1 is 1.24 bits per heavy atom. The van der Waals surface area contributed by atoms with Crippen molar-refractivity contribution in [1.82, 2.24) is 9.97 Å². The molecule has 0 saturated carbocycles. The minimum atomic E-state index is -0.246. The van der Waals surface area contributed by atoms with Gasteiger partial charge in [-0.15, -0.1) is 0 Å². The molecule has 1 fully saturated rings. The molecule has 0 radical (unpaired) electrons. The molecule has 25 heavy (non-hydrogen) atoms. The fraction of sp³-hybridized carbons (Fsp3) is 0.412. The van der Waals surface area contributed by atoms with Crippen LogP contribution < -0.4 is 16.4 Å². The van der Waals surface area contributed by atoms with Crippen LogP contribution in [-0.4, -0.2) is 33.7 Å². The summed E-state index contributed by atoms with van der Waals surface area (Å²) < 4.78 is 0. The summed E-state index contributed by atoms with van der Waals surface area (Å²) in [6.07, 6.45) is 1.67. The SMILES string of the molecule is CC1(N)CCN(c2nc(N)c(-c3cccc(Cl)c3Cl)nc2CO)CC1. The van der Waals surface area contributed by atoms with Crippen LogP contribution in [0.3, 0.4) is 0 Å². The van der Waals surface area contributed by atoms with E-state index in [-0.39, 0.29) is 18.0 Å². The van der Waals surface area contributed by atoms with Crippen molar-refractivity contribution in [2.45, 2.75) is 31.9 Å². The summed E-state index contributed by atoms with van der Waals surface area (Å²) in [5, 5.41) is 10.6. The van der Waals surface area contributed by atoms with Crippen LogP contribution in [0.1, 0.15) is 25.5 Å². The molecule has 0 aliphatic carbocycles. The number of rotatable bonds is 3. The molecule has 1 aromatic carbocycles. The van der Waals surface area contributed by atoms with Gasteiger partial charge in [-0.3, -0.25) is 0 Å². The molecule has 2 heterocycles. The van der Waals surface area contributed by atoms with Crippen molar-refractivity contribution in [2.24, 2.45) is 5.73 Å². The molecule has 1 aromatic heterocycles. The third kappa shape index (κ3) is 3.67. The average Bonchev–Trinajstić information content (AvgIpc) is 2.57. The molecular weight excluding hydrogens is 361 g/mol. The summed E-state index contributed by atoms with van der Waals surface area (Å²) in [6.45, 7) is 3.28. The first-order chi connectivity index (χ1) is 11.8. The van der Waals surface area contributed by atoms with E-state index >= 15 is 0 Å². The van der Waals surface area contributed by atoms with Gasteiger partial charge in [-0.25, -0.2) is 9.97 Å². The van der Waals surface area contributed by atoms with Crippen LogP contribution in [0, 0.1) is 0 Å². The zero-order chi connectivity index (χ0) is 18.2. The largest absolute Gasteiger partial charge is 0.390 e. The maximum atomic E-state index is 9.78. The Bertz CT molecular complexity index is 787. The average molecular weight is 382 g/mol. The van der Waals surface area contributed by atoms with Gasteiger partial charge in [0, 0.05) is 24.2 Å². The number of aliphatic hydroxyl groups is 1. The van der Waals surface area contributed by atoms with Gasteiger partial charge < -0.3 is 21.5 Å². The summed E-state index contributed by atoms with van der Waals surface area (Å²) in [5.41, 5.74) is 13.6. The molecule has 0 bridgehead atoms. The molecule has 3 rings (SSSR count). The molecule has 0 unspecified atom stereocenters. The number of benzene rings is 1. The molecule has 0 spiro atoms. The molecule has 6 nitrogen and oxygen atoms in total. The van der Waals surface area contributed by atoms with Crippen molar-refractivity contribution in [3.05, 3.63) is 33.9 Å². The van der Waals surface area contributed by atoms with Crippen LogP contribution in [0.4, 0.5) is 11.6 Å². The number of nitrogen functional groups attached to an aromatic ring is 1. The van der Waals surface area contributed by atoms with E-state index in [1.54, 1.807) is 18.2 Å². The Labute approximate surface area is 156 Å². The van der Waals surface area contributed by atoms with Gasteiger partial charge in [0.05, 0.1) is 16.7 Å². The number of piperidine rings is 1. The van der Waals surface area contributed by atoms with Gasteiger partial charge in [0.1, 0.15) is 11.4 Å². The zero-order valence-electron chi connectivity index (χ0n) is 14.0. The lowest BCUT2D eigenvalue weighted by atomic mass is 9.91. The fourth-order valence-electron chi connectivity index (χ4n) is 2.95. The fourth-order valence-corrected chi connectivity index (χ4v) is 3.34. The van der Waals surface area contributed by atoms with Crippen LogP contribution in [0.2, 0.25) is 10.0 Å². The highest BCUT2D eigenvalue weighted by molar-refractivity contribution is 6.43. The summed E-state index contributed by atoms with van der Waals surface area (Å²) in [5.74, 6) is 0.842. The molecule has 0 atom stereocenters. The summed E-state index contributed by atoms with van der Waals surface area (Å²) >= 11 is 12.4. The lowest BCUT2D eigenvalue weighted by molar-refractivity contribution is 0.276. The van der Waals surface area contributed by atoms with E-state index in [4.69, 9.17) is 34.7 Å². The number of hydrogen-bond donors (Lipinski definition) is 3. The van der Waals surface area contributed by atoms with Crippen molar-refractivity contribution in [1.29, 1.82) is 0 Å². The normalized spacial score (nSPS) is 16.9. The monoisotopic (exact) mass is 381 g/mol. The van der Waals surface area contributed by atoms with Crippen LogP contribution >= 0.6 is 23.2 Å². The van der Waals surface area contributed by atoms with Gasteiger partial charge in [0.15, 0.2) is 11.6 Å². The van der Waals surface area contributed by atoms with Crippen molar-refractivity contribution < 1.29 is 5.11 Å². The smallest absolute Gasteiger partial charge is 0.155 e. The number of nitrogens with two attached hydrogens (primary N) is 2. The van der Waals surface area contributed by atoms with Gasteiger partial charge in [-0.1, -0.05) is 35.3 Å². The molecule has 1 saturated heterocycles. The second-order valence-corrected chi connectivity index (χ2v) is 7.41. The van der Waals surface area contributed by atoms with Crippen molar-refractivity contribution in [3.63, 3.8) is 0 Å². The second-order valence-electron chi connectivity index (χ2n) is 6.63.